The number of hydrogen-bond donors (Lipinski definition) is 2. The van der Waals surface area contributed by atoms with Crippen molar-refractivity contribution in [3.8, 4) is 11.4 Å². The molecule has 0 bridgehead atoms. The number of nitrogens with zero attached hydrogens (tertiary/aromatic N) is 3. The summed E-state index contributed by atoms with van der Waals surface area (Å²) in [6.07, 6.45) is 7.10. The van der Waals surface area contributed by atoms with Gasteiger partial charge in [-0.3, -0.25) is 9.78 Å². The van der Waals surface area contributed by atoms with Crippen LogP contribution in [0.15, 0.2) is 58.2 Å². The van der Waals surface area contributed by atoms with Crippen LogP contribution in [-0.4, -0.2) is 29.4 Å². The summed E-state index contributed by atoms with van der Waals surface area (Å²) in [5.74, 6) is 0.395. The third kappa shape index (κ3) is 4.64. The van der Waals surface area contributed by atoms with Gasteiger partial charge in [0.05, 0.1) is 4.90 Å². The van der Waals surface area contributed by atoms with Gasteiger partial charge in [0.2, 0.25) is 27.6 Å². The first kappa shape index (κ1) is 21.1. The zero-order valence-electron chi connectivity index (χ0n) is 17.0. The third-order valence-electron chi connectivity index (χ3n) is 5.28. The van der Waals surface area contributed by atoms with Crippen LogP contribution in [0.25, 0.3) is 11.4 Å². The van der Waals surface area contributed by atoms with Crippen LogP contribution in [0.3, 0.4) is 0 Å². The van der Waals surface area contributed by atoms with Gasteiger partial charge in [-0.25, -0.2) is 8.42 Å². The Balaban J connectivity index is 1.64. The van der Waals surface area contributed by atoms with Crippen molar-refractivity contribution >= 4 is 21.6 Å². The molecule has 0 radical (unpaired) electrons. The average molecular weight is 442 g/mol. The number of sulfonamides is 1. The first-order valence-corrected chi connectivity index (χ1v) is 11.5. The van der Waals surface area contributed by atoms with Gasteiger partial charge in [-0.15, -0.1) is 0 Å². The molecule has 1 amide bonds. The number of amides is 1. The van der Waals surface area contributed by atoms with Crippen molar-refractivity contribution in [1.82, 2.24) is 19.8 Å². The number of rotatable bonds is 6. The number of carbonyl (C=O) groups is 1. The van der Waals surface area contributed by atoms with Crippen molar-refractivity contribution in [1.29, 1.82) is 0 Å². The smallest absolute Gasteiger partial charge is 0.248 e. The molecule has 1 fully saturated rings. The molecule has 10 heteroatoms. The molecule has 2 N–H and O–H groups in total. The minimum atomic E-state index is -3.87. The van der Waals surface area contributed by atoms with Crippen LogP contribution in [-0.2, 0) is 20.4 Å². The van der Waals surface area contributed by atoms with Crippen LogP contribution >= 0.6 is 0 Å². The summed E-state index contributed by atoms with van der Waals surface area (Å²) in [6.45, 7) is 1.39. The van der Waals surface area contributed by atoms with Crippen molar-refractivity contribution in [3.05, 3.63) is 54.7 Å². The van der Waals surface area contributed by atoms with E-state index in [0.717, 1.165) is 19.3 Å². The lowest BCUT2D eigenvalue weighted by Crippen LogP contribution is -2.47. The summed E-state index contributed by atoms with van der Waals surface area (Å²) in [7, 11) is -3.87. The summed E-state index contributed by atoms with van der Waals surface area (Å²) in [6, 6.07) is 9.61. The van der Waals surface area contributed by atoms with E-state index >= 15 is 0 Å². The van der Waals surface area contributed by atoms with Crippen molar-refractivity contribution in [2.75, 3.05) is 5.32 Å². The van der Waals surface area contributed by atoms with Gasteiger partial charge in [-0.05, 0) is 49.2 Å². The molecule has 31 heavy (non-hydrogen) atoms. The second-order valence-electron chi connectivity index (χ2n) is 7.62. The molecule has 4 rings (SSSR count). The van der Waals surface area contributed by atoms with Crippen molar-refractivity contribution in [2.24, 2.45) is 0 Å². The quantitative estimate of drug-likeness (QED) is 0.601. The molecule has 0 saturated heterocycles. The van der Waals surface area contributed by atoms with Crippen molar-refractivity contribution < 1.29 is 17.7 Å². The SMILES string of the molecule is CC(=O)Nc1ccc(S(=O)(=O)NC2(c3nc(-c4cccnc4)no3)CCCCC2)cc1. The fraction of sp³-hybridized carbons (Fsp3) is 0.333. The molecular formula is C21H23N5O4S. The molecule has 1 aliphatic rings. The van der Waals surface area contributed by atoms with Crippen LogP contribution < -0.4 is 10.0 Å². The van der Waals surface area contributed by atoms with Crippen LogP contribution in [0.2, 0.25) is 0 Å². The lowest BCUT2D eigenvalue weighted by Gasteiger charge is -2.34. The number of benzene rings is 1. The van der Waals surface area contributed by atoms with E-state index in [0.29, 0.717) is 29.9 Å². The highest BCUT2D eigenvalue weighted by molar-refractivity contribution is 7.89. The second kappa shape index (κ2) is 8.56. The van der Waals surface area contributed by atoms with E-state index in [4.69, 9.17) is 4.52 Å². The van der Waals surface area contributed by atoms with Crippen molar-refractivity contribution in [2.45, 2.75) is 49.5 Å². The molecular weight excluding hydrogens is 418 g/mol. The van der Waals surface area contributed by atoms with E-state index in [1.165, 1.54) is 19.1 Å². The van der Waals surface area contributed by atoms with E-state index < -0.39 is 15.6 Å². The van der Waals surface area contributed by atoms with E-state index in [2.05, 4.69) is 25.2 Å². The standard InChI is InChI=1S/C21H23N5O4S/c1-15(27)23-17-7-9-18(10-8-17)31(28,29)26-21(11-3-2-4-12-21)20-24-19(25-30-20)16-6-5-13-22-14-16/h5-10,13-14,26H,2-4,11-12H2,1H3,(H,23,27). The fourth-order valence-electron chi connectivity index (χ4n) is 3.78. The van der Waals surface area contributed by atoms with E-state index in [-0.39, 0.29) is 16.7 Å². The Labute approximate surface area is 180 Å². The molecule has 1 aliphatic carbocycles. The molecule has 1 saturated carbocycles. The maximum absolute atomic E-state index is 13.2. The third-order valence-corrected chi connectivity index (χ3v) is 6.83. The second-order valence-corrected chi connectivity index (χ2v) is 9.30. The first-order valence-electron chi connectivity index (χ1n) is 10.0. The highest BCUT2D eigenvalue weighted by Crippen LogP contribution is 2.38. The number of anilines is 1. The lowest BCUT2D eigenvalue weighted by molar-refractivity contribution is -0.114. The largest absolute Gasteiger partial charge is 0.337 e. The van der Waals surface area contributed by atoms with Gasteiger partial charge in [-0.2, -0.15) is 9.71 Å². The summed E-state index contributed by atoms with van der Waals surface area (Å²) < 4.78 is 34.8. The van der Waals surface area contributed by atoms with Gasteiger partial charge in [0.25, 0.3) is 0 Å². The van der Waals surface area contributed by atoms with E-state index in [9.17, 15) is 13.2 Å². The molecule has 0 unspecified atom stereocenters. The molecule has 2 heterocycles. The first-order chi connectivity index (χ1) is 14.9. The zero-order chi connectivity index (χ0) is 21.9. The Morgan fingerprint density at radius 1 is 1.10 bits per heavy atom. The normalized spacial score (nSPS) is 16.0. The minimum Gasteiger partial charge on any atom is -0.337 e. The number of aromatic nitrogens is 3. The summed E-state index contributed by atoms with van der Waals surface area (Å²) in [5, 5.41) is 6.67. The van der Waals surface area contributed by atoms with Gasteiger partial charge in [0.15, 0.2) is 0 Å². The molecule has 0 aliphatic heterocycles. The Bertz CT molecular complexity index is 1150. The topological polar surface area (TPSA) is 127 Å². The summed E-state index contributed by atoms with van der Waals surface area (Å²) in [5.41, 5.74) is 0.248. The molecule has 0 spiro atoms. The van der Waals surface area contributed by atoms with Crippen LogP contribution in [0, 0.1) is 0 Å². The van der Waals surface area contributed by atoms with E-state index in [1.807, 2.05) is 6.07 Å². The molecule has 162 valence electrons. The summed E-state index contributed by atoms with van der Waals surface area (Å²) >= 11 is 0. The summed E-state index contributed by atoms with van der Waals surface area (Å²) in [4.78, 5) is 19.9. The highest BCUT2D eigenvalue weighted by Gasteiger charge is 2.43. The molecule has 0 atom stereocenters. The number of nitrogens with one attached hydrogen (secondary N) is 2. The van der Waals surface area contributed by atoms with Crippen molar-refractivity contribution in [3.63, 3.8) is 0 Å². The maximum Gasteiger partial charge on any atom is 0.248 e. The number of carbonyl (C=O) groups excluding carboxylic acids is 1. The fourth-order valence-corrected chi connectivity index (χ4v) is 5.20. The van der Waals surface area contributed by atoms with Crippen LogP contribution in [0.5, 0.6) is 0 Å². The van der Waals surface area contributed by atoms with Crippen LogP contribution in [0.4, 0.5) is 5.69 Å². The van der Waals surface area contributed by atoms with Gasteiger partial charge in [0, 0.05) is 30.6 Å². The van der Waals surface area contributed by atoms with Gasteiger partial charge in [-0.1, -0.05) is 24.4 Å². The minimum absolute atomic E-state index is 0.0959. The Morgan fingerprint density at radius 3 is 2.48 bits per heavy atom. The average Bonchev–Trinajstić information content (AvgIpc) is 3.26. The predicted molar refractivity (Wildman–Crippen MR) is 113 cm³/mol. The Morgan fingerprint density at radius 2 is 1.84 bits per heavy atom. The Kier molecular flexibility index (Phi) is 5.84. The highest BCUT2D eigenvalue weighted by atomic mass is 32.2. The van der Waals surface area contributed by atoms with Gasteiger partial charge < -0.3 is 9.84 Å². The Hall–Kier alpha value is -3.11. The number of pyridine rings is 1. The monoisotopic (exact) mass is 441 g/mol. The molecule has 9 nitrogen and oxygen atoms in total. The maximum atomic E-state index is 13.2. The predicted octanol–water partition coefficient (Wildman–Crippen LogP) is 3.23. The van der Waals surface area contributed by atoms with Gasteiger partial charge >= 0.3 is 0 Å². The van der Waals surface area contributed by atoms with E-state index in [1.54, 1.807) is 30.6 Å². The molecule has 3 aromatic rings. The lowest BCUT2D eigenvalue weighted by atomic mass is 9.82. The molecule has 2 aromatic heterocycles. The molecule has 1 aromatic carbocycles. The number of hydrogen-bond acceptors (Lipinski definition) is 7. The van der Waals surface area contributed by atoms with Gasteiger partial charge in [0.1, 0.15) is 5.54 Å². The van der Waals surface area contributed by atoms with Crippen LogP contribution in [0.1, 0.15) is 44.9 Å². The zero-order valence-corrected chi connectivity index (χ0v) is 17.9.